The molecule has 1 fully saturated rings. The van der Waals surface area contributed by atoms with E-state index in [2.05, 4.69) is 14.9 Å². The van der Waals surface area contributed by atoms with Gasteiger partial charge in [-0.15, -0.1) is 0 Å². The Kier molecular flexibility index (Phi) is 3.39. The molecule has 1 aliphatic rings. The topological polar surface area (TPSA) is 49.2 Å². The molecule has 88 valence electrons. The molecule has 1 N–H and O–H groups in total. The molecule has 1 aromatic heterocycles. The number of aliphatic hydroxyl groups is 1. The SMILES string of the molecule is Cc1cc(C)nc(N2CCC(CCO)C2)n1. The minimum atomic E-state index is 0.284. The lowest BCUT2D eigenvalue weighted by Crippen LogP contribution is -2.22. The van der Waals surface area contributed by atoms with Crippen molar-refractivity contribution >= 4 is 5.95 Å². The molecule has 1 atom stereocenters. The van der Waals surface area contributed by atoms with E-state index >= 15 is 0 Å². The van der Waals surface area contributed by atoms with Gasteiger partial charge in [0.25, 0.3) is 0 Å². The zero-order chi connectivity index (χ0) is 11.5. The third-order valence-electron chi connectivity index (χ3n) is 3.08. The fraction of sp³-hybridized carbons (Fsp3) is 0.667. The Morgan fingerprint density at radius 3 is 2.69 bits per heavy atom. The number of nitrogens with zero attached hydrogens (tertiary/aromatic N) is 3. The zero-order valence-corrected chi connectivity index (χ0v) is 9.98. The Labute approximate surface area is 96.3 Å². The smallest absolute Gasteiger partial charge is 0.225 e. The van der Waals surface area contributed by atoms with Crippen molar-refractivity contribution in [3.05, 3.63) is 17.5 Å². The van der Waals surface area contributed by atoms with Crippen LogP contribution in [0.2, 0.25) is 0 Å². The van der Waals surface area contributed by atoms with Crippen molar-refractivity contribution in [2.24, 2.45) is 5.92 Å². The first-order valence-corrected chi connectivity index (χ1v) is 5.87. The Hall–Kier alpha value is -1.16. The molecule has 2 heterocycles. The van der Waals surface area contributed by atoms with E-state index in [9.17, 15) is 0 Å². The first-order valence-electron chi connectivity index (χ1n) is 5.87. The molecule has 0 aliphatic carbocycles. The Balaban J connectivity index is 2.08. The van der Waals surface area contributed by atoms with Gasteiger partial charge in [-0.3, -0.25) is 0 Å². The number of aliphatic hydroxyl groups excluding tert-OH is 1. The molecule has 1 aromatic rings. The van der Waals surface area contributed by atoms with Crippen molar-refractivity contribution in [2.75, 3.05) is 24.6 Å². The second kappa shape index (κ2) is 4.78. The van der Waals surface area contributed by atoms with Gasteiger partial charge in [-0.2, -0.15) is 0 Å². The minimum absolute atomic E-state index is 0.284. The van der Waals surface area contributed by atoms with E-state index in [1.54, 1.807) is 0 Å². The first-order chi connectivity index (χ1) is 7.69. The quantitative estimate of drug-likeness (QED) is 0.836. The summed E-state index contributed by atoms with van der Waals surface area (Å²) in [6.45, 7) is 6.27. The number of hydrogen-bond acceptors (Lipinski definition) is 4. The van der Waals surface area contributed by atoms with Gasteiger partial charge in [0.1, 0.15) is 0 Å². The van der Waals surface area contributed by atoms with Gasteiger partial charge in [0.05, 0.1) is 0 Å². The molecule has 16 heavy (non-hydrogen) atoms. The van der Waals surface area contributed by atoms with Gasteiger partial charge in [0.2, 0.25) is 5.95 Å². The normalized spacial score (nSPS) is 20.4. The van der Waals surface area contributed by atoms with E-state index in [4.69, 9.17) is 5.11 Å². The molecule has 4 nitrogen and oxygen atoms in total. The number of hydrogen-bond donors (Lipinski definition) is 1. The lowest BCUT2D eigenvalue weighted by Gasteiger charge is -2.17. The molecule has 1 unspecified atom stereocenters. The largest absolute Gasteiger partial charge is 0.396 e. The highest BCUT2D eigenvalue weighted by molar-refractivity contribution is 5.33. The van der Waals surface area contributed by atoms with Crippen molar-refractivity contribution in [1.29, 1.82) is 0 Å². The van der Waals surface area contributed by atoms with Crippen LogP contribution in [0, 0.1) is 19.8 Å². The summed E-state index contributed by atoms with van der Waals surface area (Å²) in [4.78, 5) is 11.1. The Bertz CT molecular complexity index is 347. The van der Waals surface area contributed by atoms with Crippen molar-refractivity contribution in [2.45, 2.75) is 26.7 Å². The van der Waals surface area contributed by atoms with Crippen LogP contribution in [0.1, 0.15) is 24.2 Å². The summed E-state index contributed by atoms with van der Waals surface area (Å²) in [6, 6.07) is 1.99. The standard InChI is InChI=1S/C12H19N3O/c1-9-7-10(2)14-12(13-9)15-5-3-11(8-15)4-6-16/h7,11,16H,3-6,8H2,1-2H3. The second-order valence-corrected chi connectivity index (χ2v) is 4.56. The van der Waals surface area contributed by atoms with Crippen LogP contribution < -0.4 is 4.90 Å². The number of aryl methyl sites for hydroxylation is 2. The van der Waals surface area contributed by atoms with Crippen LogP contribution in [-0.2, 0) is 0 Å². The summed E-state index contributed by atoms with van der Waals surface area (Å²) in [5.41, 5.74) is 2.04. The number of anilines is 1. The fourth-order valence-electron chi connectivity index (χ4n) is 2.28. The maximum Gasteiger partial charge on any atom is 0.225 e. The molecular weight excluding hydrogens is 202 g/mol. The van der Waals surface area contributed by atoms with Crippen molar-refractivity contribution in [3.63, 3.8) is 0 Å². The summed E-state index contributed by atoms with van der Waals surface area (Å²) in [7, 11) is 0. The van der Waals surface area contributed by atoms with Gasteiger partial charge in [0, 0.05) is 31.1 Å². The van der Waals surface area contributed by atoms with Crippen molar-refractivity contribution < 1.29 is 5.11 Å². The van der Waals surface area contributed by atoms with Gasteiger partial charge in [0.15, 0.2) is 0 Å². The van der Waals surface area contributed by atoms with Crippen LogP contribution >= 0.6 is 0 Å². The van der Waals surface area contributed by atoms with E-state index < -0.39 is 0 Å². The highest BCUT2D eigenvalue weighted by atomic mass is 16.3. The molecular formula is C12H19N3O. The summed E-state index contributed by atoms with van der Waals surface area (Å²) in [6.07, 6.45) is 2.03. The average molecular weight is 221 g/mol. The highest BCUT2D eigenvalue weighted by Crippen LogP contribution is 2.23. The van der Waals surface area contributed by atoms with Gasteiger partial charge in [-0.05, 0) is 38.7 Å². The van der Waals surface area contributed by atoms with Gasteiger partial charge < -0.3 is 10.0 Å². The molecule has 0 bridgehead atoms. The number of rotatable bonds is 3. The summed E-state index contributed by atoms with van der Waals surface area (Å²) < 4.78 is 0. The maximum atomic E-state index is 8.92. The summed E-state index contributed by atoms with van der Waals surface area (Å²) in [5, 5.41) is 8.92. The molecule has 0 aromatic carbocycles. The van der Waals surface area contributed by atoms with Crippen LogP contribution in [0.25, 0.3) is 0 Å². The number of aromatic nitrogens is 2. The zero-order valence-electron chi connectivity index (χ0n) is 9.98. The van der Waals surface area contributed by atoms with Crippen molar-refractivity contribution in [1.82, 2.24) is 9.97 Å². The molecule has 4 heteroatoms. The molecule has 0 spiro atoms. The molecule has 1 saturated heterocycles. The summed E-state index contributed by atoms with van der Waals surface area (Å²) >= 11 is 0. The van der Waals surface area contributed by atoms with Gasteiger partial charge in [-0.25, -0.2) is 9.97 Å². The van der Waals surface area contributed by atoms with Crippen LogP contribution in [0.5, 0.6) is 0 Å². The Morgan fingerprint density at radius 2 is 2.06 bits per heavy atom. The third-order valence-corrected chi connectivity index (χ3v) is 3.08. The van der Waals surface area contributed by atoms with Gasteiger partial charge in [-0.1, -0.05) is 0 Å². The predicted molar refractivity (Wildman–Crippen MR) is 63.5 cm³/mol. The van der Waals surface area contributed by atoms with Crippen molar-refractivity contribution in [3.8, 4) is 0 Å². The van der Waals surface area contributed by atoms with Crippen LogP contribution in [0.4, 0.5) is 5.95 Å². The van der Waals surface area contributed by atoms with Crippen LogP contribution in [0.3, 0.4) is 0 Å². The summed E-state index contributed by atoms with van der Waals surface area (Å²) in [5.74, 6) is 1.44. The van der Waals surface area contributed by atoms with E-state index in [1.807, 2.05) is 19.9 Å². The maximum absolute atomic E-state index is 8.92. The predicted octanol–water partition coefficient (Wildman–Crippen LogP) is 1.30. The lowest BCUT2D eigenvalue weighted by atomic mass is 10.1. The first kappa shape index (κ1) is 11.3. The van der Waals surface area contributed by atoms with E-state index in [0.717, 1.165) is 43.3 Å². The lowest BCUT2D eigenvalue weighted by molar-refractivity contribution is 0.263. The molecule has 0 radical (unpaired) electrons. The van der Waals surface area contributed by atoms with Crippen LogP contribution in [0.15, 0.2) is 6.07 Å². The minimum Gasteiger partial charge on any atom is -0.396 e. The van der Waals surface area contributed by atoms with Crippen LogP contribution in [-0.4, -0.2) is 34.8 Å². The molecule has 1 aliphatic heterocycles. The van der Waals surface area contributed by atoms with Gasteiger partial charge >= 0.3 is 0 Å². The average Bonchev–Trinajstić information content (AvgIpc) is 2.65. The molecule has 2 rings (SSSR count). The monoisotopic (exact) mass is 221 g/mol. The second-order valence-electron chi connectivity index (χ2n) is 4.56. The molecule has 0 saturated carbocycles. The fourth-order valence-corrected chi connectivity index (χ4v) is 2.28. The Morgan fingerprint density at radius 1 is 1.38 bits per heavy atom. The third kappa shape index (κ3) is 2.50. The molecule has 0 amide bonds. The van der Waals surface area contributed by atoms with E-state index in [-0.39, 0.29) is 6.61 Å². The van der Waals surface area contributed by atoms with E-state index in [1.165, 1.54) is 0 Å². The van der Waals surface area contributed by atoms with E-state index in [0.29, 0.717) is 5.92 Å². The highest BCUT2D eigenvalue weighted by Gasteiger charge is 2.23.